The zero-order valence-corrected chi connectivity index (χ0v) is 9.90. The highest BCUT2D eigenvalue weighted by atomic mass is 31.2. The molecule has 0 bridgehead atoms. The van der Waals surface area contributed by atoms with E-state index in [0.29, 0.717) is 0 Å². The number of hydrogen-bond donors (Lipinski definition) is 1. The third-order valence-electron chi connectivity index (χ3n) is 1.67. The summed E-state index contributed by atoms with van der Waals surface area (Å²) < 4.78 is 21.6. The van der Waals surface area contributed by atoms with Gasteiger partial charge in [-0.1, -0.05) is 13.5 Å². The highest BCUT2D eigenvalue weighted by Gasteiger charge is 2.24. The minimum atomic E-state index is -3.15. The van der Waals surface area contributed by atoms with Gasteiger partial charge in [0.15, 0.2) is 5.78 Å². The Morgan fingerprint density at radius 2 is 2.13 bits per heavy atom. The summed E-state index contributed by atoms with van der Waals surface area (Å²) in [6.45, 7) is 6.48. The predicted molar refractivity (Wildman–Crippen MR) is 56.9 cm³/mol. The first kappa shape index (κ1) is 14.5. The second-order valence-electron chi connectivity index (χ2n) is 2.76. The molecule has 0 fully saturated rings. The molecule has 0 saturated heterocycles. The molecule has 2 unspecified atom stereocenters. The number of aliphatic hydroxyl groups excluding tert-OH is 1. The van der Waals surface area contributed by atoms with Crippen LogP contribution in [0.5, 0.6) is 0 Å². The topological polar surface area (TPSA) is 72.8 Å². The second kappa shape index (κ2) is 6.90. The summed E-state index contributed by atoms with van der Waals surface area (Å²) in [6.07, 6.45) is -0.135. The maximum atomic E-state index is 11.7. The Kier molecular flexibility index (Phi) is 6.68. The Bertz CT molecular complexity index is 263. The molecule has 0 heterocycles. The molecule has 2 atom stereocenters. The van der Waals surface area contributed by atoms with E-state index in [1.807, 2.05) is 0 Å². The Hall–Kier alpha value is -0.480. The van der Waals surface area contributed by atoms with Crippen molar-refractivity contribution in [2.75, 3.05) is 19.4 Å². The van der Waals surface area contributed by atoms with Crippen LogP contribution in [0.1, 0.15) is 13.8 Å². The molecule has 0 aliphatic rings. The van der Waals surface area contributed by atoms with Gasteiger partial charge < -0.3 is 14.2 Å². The van der Waals surface area contributed by atoms with Crippen molar-refractivity contribution in [2.24, 2.45) is 0 Å². The minimum Gasteiger partial charge on any atom is -0.382 e. The van der Waals surface area contributed by atoms with Crippen LogP contribution in [0.25, 0.3) is 0 Å². The molecule has 1 N–H and O–H groups in total. The smallest absolute Gasteiger partial charge is 0.330 e. The lowest BCUT2D eigenvalue weighted by atomic mass is 10.2. The van der Waals surface area contributed by atoms with E-state index in [1.165, 1.54) is 0 Å². The van der Waals surface area contributed by atoms with Gasteiger partial charge in [-0.2, -0.15) is 0 Å². The third-order valence-corrected chi connectivity index (χ3v) is 3.64. The Balaban J connectivity index is 4.17. The molecule has 15 heavy (non-hydrogen) atoms. The maximum absolute atomic E-state index is 11.7. The summed E-state index contributed by atoms with van der Waals surface area (Å²) in [5, 5.41) is 9.22. The first-order chi connectivity index (χ1) is 6.99. The number of aliphatic hydroxyl groups is 1. The largest absolute Gasteiger partial charge is 0.382 e. The van der Waals surface area contributed by atoms with Crippen molar-refractivity contribution < 1.29 is 23.5 Å². The molecule has 0 aliphatic carbocycles. The van der Waals surface area contributed by atoms with Gasteiger partial charge in [0.2, 0.25) is 0 Å². The van der Waals surface area contributed by atoms with E-state index in [2.05, 4.69) is 6.58 Å². The number of rotatable bonds is 8. The van der Waals surface area contributed by atoms with Crippen LogP contribution in [0.2, 0.25) is 0 Å². The second-order valence-corrected chi connectivity index (χ2v) is 5.13. The van der Waals surface area contributed by atoms with Gasteiger partial charge in [0.1, 0.15) is 6.10 Å². The van der Waals surface area contributed by atoms with Crippen LogP contribution in [0.3, 0.4) is 0 Å². The molecule has 0 amide bonds. The summed E-state index contributed by atoms with van der Waals surface area (Å²) in [5.41, 5.74) is 0. The van der Waals surface area contributed by atoms with Crippen molar-refractivity contribution in [1.29, 1.82) is 0 Å². The van der Waals surface area contributed by atoms with Crippen LogP contribution < -0.4 is 0 Å². The van der Waals surface area contributed by atoms with Crippen LogP contribution in [0, 0.1) is 0 Å². The molecule has 0 aliphatic heterocycles. The SMILES string of the molecule is C=CC(=O)C(O)COP(=O)(CC)OCC. The fourth-order valence-electron chi connectivity index (χ4n) is 0.819. The van der Waals surface area contributed by atoms with Gasteiger partial charge in [0, 0.05) is 6.16 Å². The molecule has 0 spiro atoms. The highest BCUT2D eigenvalue weighted by molar-refractivity contribution is 7.53. The number of hydrogen-bond acceptors (Lipinski definition) is 5. The molecule has 0 aromatic carbocycles. The highest BCUT2D eigenvalue weighted by Crippen LogP contribution is 2.47. The van der Waals surface area contributed by atoms with E-state index in [4.69, 9.17) is 9.05 Å². The zero-order chi connectivity index (χ0) is 11.9. The van der Waals surface area contributed by atoms with Gasteiger partial charge in [-0.25, -0.2) is 0 Å². The monoisotopic (exact) mass is 236 g/mol. The van der Waals surface area contributed by atoms with Gasteiger partial charge in [-0.3, -0.25) is 9.36 Å². The fourth-order valence-corrected chi connectivity index (χ4v) is 2.02. The standard InChI is InChI=1S/C9H17O5P/c1-4-8(10)9(11)7-14-15(12,6-3)13-5-2/h4,9,11H,1,5-7H2,2-3H3. The van der Waals surface area contributed by atoms with Crippen molar-refractivity contribution in [2.45, 2.75) is 20.0 Å². The van der Waals surface area contributed by atoms with Gasteiger partial charge >= 0.3 is 7.60 Å². The fraction of sp³-hybridized carbons (Fsp3) is 0.667. The molecule has 88 valence electrons. The lowest BCUT2D eigenvalue weighted by Gasteiger charge is -2.17. The van der Waals surface area contributed by atoms with E-state index >= 15 is 0 Å². The third kappa shape index (κ3) is 5.23. The maximum Gasteiger partial charge on any atom is 0.330 e. The van der Waals surface area contributed by atoms with E-state index in [0.717, 1.165) is 6.08 Å². The molecule has 0 aromatic rings. The Morgan fingerprint density at radius 1 is 1.53 bits per heavy atom. The van der Waals surface area contributed by atoms with E-state index in [9.17, 15) is 14.5 Å². The lowest BCUT2D eigenvalue weighted by Crippen LogP contribution is -2.23. The quantitative estimate of drug-likeness (QED) is 0.509. The average Bonchev–Trinajstić information content (AvgIpc) is 2.25. The molecule has 0 rings (SSSR count). The normalized spacial score (nSPS) is 16.7. The molecular formula is C9H17O5P. The summed E-state index contributed by atoms with van der Waals surface area (Å²) in [7, 11) is -3.15. The van der Waals surface area contributed by atoms with Crippen LogP contribution in [0.15, 0.2) is 12.7 Å². The molecule has 0 aromatic heterocycles. The van der Waals surface area contributed by atoms with E-state index < -0.39 is 19.5 Å². The van der Waals surface area contributed by atoms with Crippen molar-refractivity contribution in [1.82, 2.24) is 0 Å². The molecular weight excluding hydrogens is 219 g/mol. The van der Waals surface area contributed by atoms with Gasteiger partial charge in [-0.15, -0.1) is 0 Å². The van der Waals surface area contributed by atoms with Crippen molar-refractivity contribution in [3.63, 3.8) is 0 Å². The number of carbonyl (C=O) groups excluding carboxylic acids is 1. The zero-order valence-electron chi connectivity index (χ0n) is 9.01. The molecule has 0 saturated carbocycles. The summed E-state index contributed by atoms with van der Waals surface area (Å²) in [5.74, 6) is -0.561. The summed E-state index contributed by atoms with van der Waals surface area (Å²) in [6, 6.07) is 0. The lowest BCUT2D eigenvalue weighted by molar-refractivity contribution is -0.123. The van der Waals surface area contributed by atoms with Gasteiger partial charge in [0.05, 0.1) is 13.2 Å². The van der Waals surface area contributed by atoms with Crippen molar-refractivity contribution in [3.05, 3.63) is 12.7 Å². The van der Waals surface area contributed by atoms with Crippen LogP contribution in [-0.2, 0) is 18.4 Å². The number of carbonyl (C=O) groups is 1. The van der Waals surface area contributed by atoms with E-state index in [-0.39, 0.29) is 19.4 Å². The van der Waals surface area contributed by atoms with Gasteiger partial charge in [-0.05, 0) is 13.0 Å². The molecule has 0 radical (unpaired) electrons. The molecule has 5 nitrogen and oxygen atoms in total. The Morgan fingerprint density at radius 3 is 2.53 bits per heavy atom. The average molecular weight is 236 g/mol. The first-order valence-electron chi connectivity index (χ1n) is 4.71. The van der Waals surface area contributed by atoms with Crippen LogP contribution >= 0.6 is 7.60 Å². The first-order valence-corrected chi connectivity index (χ1v) is 6.44. The van der Waals surface area contributed by atoms with Crippen molar-refractivity contribution >= 4 is 13.4 Å². The predicted octanol–water partition coefficient (Wildman–Crippen LogP) is 1.37. The van der Waals surface area contributed by atoms with E-state index in [1.54, 1.807) is 13.8 Å². The Labute approximate surface area is 89.6 Å². The van der Waals surface area contributed by atoms with Crippen molar-refractivity contribution in [3.8, 4) is 0 Å². The number of ketones is 1. The summed E-state index contributed by atoms with van der Waals surface area (Å²) in [4.78, 5) is 10.9. The summed E-state index contributed by atoms with van der Waals surface area (Å²) >= 11 is 0. The van der Waals surface area contributed by atoms with Gasteiger partial charge in [0.25, 0.3) is 0 Å². The minimum absolute atomic E-state index is 0.204. The van der Waals surface area contributed by atoms with Crippen LogP contribution in [-0.4, -0.2) is 36.4 Å². The molecule has 6 heteroatoms. The van der Waals surface area contributed by atoms with Crippen LogP contribution in [0.4, 0.5) is 0 Å².